The molecular formula is C18H20N2O4. The number of benzene rings is 1. The molecule has 0 bridgehead atoms. The summed E-state index contributed by atoms with van der Waals surface area (Å²) >= 11 is 0. The Morgan fingerprint density at radius 3 is 2.75 bits per heavy atom. The predicted octanol–water partition coefficient (Wildman–Crippen LogP) is 3.30. The molecule has 0 saturated heterocycles. The maximum atomic E-state index is 12.4. The van der Waals surface area contributed by atoms with Gasteiger partial charge >= 0.3 is 6.09 Å². The highest BCUT2D eigenvalue weighted by atomic mass is 16.6. The fraction of sp³-hybridized carbons (Fsp3) is 0.333. The number of amides is 2. The highest BCUT2D eigenvalue weighted by molar-refractivity contribution is 6.02. The molecule has 2 heterocycles. The number of aliphatic hydroxyl groups is 1. The first-order valence-corrected chi connectivity index (χ1v) is 7.78. The maximum Gasteiger partial charge on any atom is 0.418 e. The highest BCUT2D eigenvalue weighted by Crippen LogP contribution is 2.27. The van der Waals surface area contributed by atoms with Crippen molar-refractivity contribution < 1.29 is 19.4 Å². The summed E-state index contributed by atoms with van der Waals surface area (Å²) in [5, 5.41) is 11.1. The van der Waals surface area contributed by atoms with Crippen LogP contribution < -0.4 is 0 Å². The Morgan fingerprint density at radius 1 is 1.33 bits per heavy atom. The molecule has 1 atom stereocenters. The SMILES string of the molecule is CC(C)(C)OC(=O)N1C(=O)C=C(O)C1Cc1c[nH]c2ccccc12. The highest BCUT2D eigenvalue weighted by Gasteiger charge is 2.40. The Balaban J connectivity index is 1.88. The molecule has 24 heavy (non-hydrogen) atoms. The third-order valence-corrected chi connectivity index (χ3v) is 3.84. The normalized spacial score (nSPS) is 18.1. The molecule has 1 unspecified atom stereocenters. The minimum Gasteiger partial charge on any atom is -0.510 e. The number of H-pyrrole nitrogens is 1. The second kappa shape index (κ2) is 5.70. The van der Waals surface area contributed by atoms with Gasteiger partial charge in [-0.1, -0.05) is 18.2 Å². The Morgan fingerprint density at radius 2 is 2.04 bits per heavy atom. The summed E-state index contributed by atoms with van der Waals surface area (Å²) in [5.74, 6) is -0.692. The Kier molecular flexibility index (Phi) is 3.83. The van der Waals surface area contributed by atoms with Gasteiger partial charge in [0.15, 0.2) is 0 Å². The first-order valence-electron chi connectivity index (χ1n) is 7.78. The number of hydrogen-bond acceptors (Lipinski definition) is 4. The van der Waals surface area contributed by atoms with Crippen molar-refractivity contribution in [2.45, 2.75) is 38.8 Å². The van der Waals surface area contributed by atoms with Crippen molar-refractivity contribution in [2.75, 3.05) is 0 Å². The quantitative estimate of drug-likeness (QED) is 0.886. The Labute approximate surface area is 139 Å². The lowest BCUT2D eigenvalue weighted by Gasteiger charge is -2.27. The van der Waals surface area contributed by atoms with Crippen molar-refractivity contribution in [3.05, 3.63) is 47.9 Å². The lowest BCUT2D eigenvalue weighted by molar-refractivity contribution is -0.125. The zero-order valence-electron chi connectivity index (χ0n) is 13.9. The number of imide groups is 1. The minimum atomic E-state index is -0.758. The molecule has 3 rings (SSSR count). The number of hydrogen-bond donors (Lipinski definition) is 2. The van der Waals surface area contributed by atoms with Crippen molar-refractivity contribution in [3.8, 4) is 0 Å². The van der Waals surface area contributed by atoms with Crippen LogP contribution in [0.1, 0.15) is 26.3 Å². The molecule has 0 radical (unpaired) electrons. The number of rotatable bonds is 2. The third kappa shape index (κ3) is 2.99. The van der Waals surface area contributed by atoms with Crippen LogP contribution in [0.4, 0.5) is 4.79 Å². The van der Waals surface area contributed by atoms with Crippen LogP contribution in [0.2, 0.25) is 0 Å². The standard InChI is InChI=1S/C18H20N2O4/c1-18(2,3)24-17(23)20-14(15(21)9-16(20)22)8-11-10-19-13-7-5-4-6-12(11)13/h4-7,9-10,14,19,21H,8H2,1-3H3. The zero-order chi connectivity index (χ0) is 17.5. The summed E-state index contributed by atoms with van der Waals surface area (Å²) in [5.41, 5.74) is 1.16. The van der Waals surface area contributed by atoms with Gasteiger partial charge < -0.3 is 14.8 Å². The van der Waals surface area contributed by atoms with Gasteiger partial charge in [-0.2, -0.15) is 0 Å². The molecule has 0 spiro atoms. The van der Waals surface area contributed by atoms with Crippen molar-refractivity contribution in [2.24, 2.45) is 0 Å². The van der Waals surface area contributed by atoms with Crippen molar-refractivity contribution in [3.63, 3.8) is 0 Å². The molecule has 1 aliphatic heterocycles. The largest absolute Gasteiger partial charge is 0.510 e. The van der Waals surface area contributed by atoms with E-state index in [2.05, 4.69) is 4.98 Å². The second-order valence-corrected chi connectivity index (χ2v) is 6.84. The molecule has 2 aromatic rings. The Hall–Kier alpha value is -2.76. The zero-order valence-corrected chi connectivity index (χ0v) is 13.9. The number of carbonyl (C=O) groups is 2. The van der Waals surface area contributed by atoms with Gasteiger partial charge in [0.2, 0.25) is 0 Å². The van der Waals surface area contributed by atoms with Crippen LogP contribution in [0.25, 0.3) is 10.9 Å². The number of carbonyl (C=O) groups excluding carboxylic acids is 2. The lowest BCUT2D eigenvalue weighted by Crippen LogP contribution is -2.44. The molecule has 2 amide bonds. The van der Waals surface area contributed by atoms with Crippen LogP contribution in [-0.4, -0.2) is 38.6 Å². The smallest absolute Gasteiger partial charge is 0.418 e. The molecule has 6 heteroatoms. The summed E-state index contributed by atoms with van der Waals surface area (Å²) < 4.78 is 5.29. The predicted molar refractivity (Wildman–Crippen MR) is 89.6 cm³/mol. The molecule has 126 valence electrons. The second-order valence-electron chi connectivity index (χ2n) is 6.84. The number of aliphatic hydroxyl groups excluding tert-OH is 1. The van der Waals surface area contributed by atoms with E-state index in [1.807, 2.05) is 30.5 Å². The van der Waals surface area contributed by atoms with E-state index >= 15 is 0 Å². The van der Waals surface area contributed by atoms with Crippen LogP contribution in [-0.2, 0) is 16.0 Å². The van der Waals surface area contributed by atoms with Gasteiger partial charge in [-0.15, -0.1) is 0 Å². The van der Waals surface area contributed by atoms with Gasteiger partial charge in [-0.05, 0) is 32.4 Å². The van der Waals surface area contributed by atoms with Crippen LogP contribution >= 0.6 is 0 Å². The number of fused-ring (bicyclic) bond motifs is 1. The molecule has 1 aromatic heterocycles. The first-order chi connectivity index (χ1) is 11.3. The van der Waals surface area contributed by atoms with Crippen LogP contribution in [0.5, 0.6) is 0 Å². The average molecular weight is 328 g/mol. The molecule has 1 aromatic carbocycles. The number of aromatic amines is 1. The van der Waals surface area contributed by atoms with E-state index in [-0.39, 0.29) is 5.76 Å². The number of nitrogens with one attached hydrogen (secondary N) is 1. The first kappa shape index (κ1) is 16.1. The molecular weight excluding hydrogens is 308 g/mol. The molecule has 2 N–H and O–H groups in total. The fourth-order valence-corrected chi connectivity index (χ4v) is 2.81. The van der Waals surface area contributed by atoms with Gasteiger partial charge in [0, 0.05) is 29.6 Å². The fourth-order valence-electron chi connectivity index (χ4n) is 2.81. The number of aromatic nitrogens is 1. The molecule has 1 aliphatic rings. The number of ether oxygens (including phenoxy) is 1. The lowest BCUT2D eigenvalue weighted by atomic mass is 10.0. The Bertz CT molecular complexity index is 829. The van der Waals surface area contributed by atoms with Gasteiger partial charge in [0.25, 0.3) is 5.91 Å². The monoisotopic (exact) mass is 328 g/mol. The number of nitrogens with zero attached hydrogens (tertiary/aromatic N) is 1. The van der Waals surface area contributed by atoms with Gasteiger partial charge in [0.1, 0.15) is 17.4 Å². The van der Waals surface area contributed by atoms with E-state index in [1.54, 1.807) is 20.8 Å². The summed E-state index contributed by atoms with van der Waals surface area (Å²) in [6.07, 6.45) is 2.46. The number of para-hydroxylation sites is 1. The van der Waals surface area contributed by atoms with Crippen LogP contribution in [0.15, 0.2) is 42.3 Å². The molecule has 6 nitrogen and oxygen atoms in total. The van der Waals surface area contributed by atoms with E-state index in [0.29, 0.717) is 6.42 Å². The van der Waals surface area contributed by atoms with E-state index in [9.17, 15) is 14.7 Å². The van der Waals surface area contributed by atoms with Crippen molar-refractivity contribution >= 4 is 22.9 Å². The van der Waals surface area contributed by atoms with Gasteiger partial charge in [0.05, 0.1) is 0 Å². The summed E-state index contributed by atoms with van der Waals surface area (Å²) in [6.45, 7) is 5.19. The van der Waals surface area contributed by atoms with Crippen molar-refractivity contribution in [1.29, 1.82) is 0 Å². The maximum absolute atomic E-state index is 12.4. The summed E-state index contributed by atoms with van der Waals surface area (Å²) in [6, 6.07) is 6.98. The topological polar surface area (TPSA) is 82.6 Å². The minimum absolute atomic E-state index is 0.129. The van der Waals surface area contributed by atoms with Crippen LogP contribution in [0.3, 0.4) is 0 Å². The third-order valence-electron chi connectivity index (χ3n) is 3.84. The summed E-state index contributed by atoms with van der Waals surface area (Å²) in [7, 11) is 0. The molecule has 0 aliphatic carbocycles. The van der Waals surface area contributed by atoms with E-state index in [1.165, 1.54) is 0 Å². The van der Waals surface area contributed by atoms with E-state index in [0.717, 1.165) is 27.4 Å². The van der Waals surface area contributed by atoms with E-state index < -0.39 is 23.6 Å². The van der Waals surface area contributed by atoms with Crippen molar-refractivity contribution in [1.82, 2.24) is 9.88 Å². The summed E-state index contributed by atoms with van der Waals surface area (Å²) in [4.78, 5) is 28.6. The van der Waals surface area contributed by atoms with Gasteiger partial charge in [-0.25, -0.2) is 9.69 Å². The molecule has 0 fully saturated rings. The molecule has 0 saturated carbocycles. The van der Waals surface area contributed by atoms with E-state index in [4.69, 9.17) is 4.74 Å². The van der Waals surface area contributed by atoms with Crippen LogP contribution in [0, 0.1) is 0 Å². The average Bonchev–Trinajstić information content (AvgIpc) is 2.99. The van der Waals surface area contributed by atoms with Gasteiger partial charge in [-0.3, -0.25) is 4.79 Å².